The monoisotopic (exact) mass is 203 g/mol. The number of nitrogens with two attached hydrogens (primary N) is 2. The van der Waals surface area contributed by atoms with E-state index in [0.29, 0.717) is 0 Å². The van der Waals surface area contributed by atoms with E-state index in [2.05, 4.69) is 0 Å². The molecule has 1 amide bonds. The normalized spacial score (nSPS) is 10.5. The first kappa shape index (κ1) is 10.2. The molecule has 0 unspecified atom stereocenters. The number of alkyl halides is 2. The van der Waals surface area contributed by atoms with Crippen LogP contribution in [-0.2, 0) is 0 Å². The largest absolute Gasteiger partial charge is 0.394 e. The first-order valence-corrected chi connectivity index (χ1v) is 3.54. The number of aromatic amines is 1. The summed E-state index contributed by atoms with van der Waals surface area (Å²) in [6, 6.07) is 0.768. The smallest absolute Gasteiger partial charge is 0.272 e. The molecule has 0 aromatic carbocycles. The highest BCUT2D eigenvalue weighted by molar-refractivity contribution is 5.91. The van der Waals surface area contributed by atoms with Crippen LogP contribution in [0.3, 0.4) is 0 Å². The molecule has 1 heterocycles. The minimum atomic E-state index is -2.92. The molecule has 0 atom stereocenters. The zero-order chi connectivity index (χ0) is 10.9. The number of carbonyl (C=O) groups excluding carboxylic acids is 1. The Morgan fingerprint density at radius 3 is 2.50 bits per heavy atom. The molecule has 1 rings (SSSR count). The van der Waals surface area contributed by atoms with Crippen molar-refractivity contribution in [3.8, 4) is 0 Å². The molecule has 0 spiro atoms. The van der Waals surface area contributed by atoms with Crippen molar-refractivity contribution in [2.45, 2.75) is 6.43 Å². The number of amides is 1. The lowest BCUT2D eigenvalue weighted by atomic mass is 10.2. The summed E-state index contributed by atoms with van der Waals surface area (Å²) in [5, 5.41) is 0. The summed E-state index contributed by atoms with van der Waals surface area (Å²) in [5.74, 6) is -0.996. The summed E-state index contributed by atoms with van der Waals surface area (Å²) in [5.41, 5.74) is 7.25. The Bertz CT molecular complexity index is 427. The van der Waals surface area contributed by atoms with Crippen LogP contribution in [0.1, 0.15) is 22.5 Å². The van der Waals surface area contributed by atoms with E-state index in [1.807, 2.05) is 4.98 Å². The second kappa shape index (κ2) is 3.44. The Balaban J connectivity index is 3.43. The van der Waals surface area contributed by atoms with Crippen molar-refractivity contribution in [2.75, 3.05) is 5.73 Å². The lowest BCUT2D eigenvalue weighted by Crippen LogP contribution is -2.22. The molecule has 0 fully saturated rings. The van der Waals surface area contributed by atoms with Crippen molar-refractivity contribution >= 4 is 11.6 Å². The van der Waals surface area contributed by atoms with Crippen molar-refractivity contribution in [1.82, 2.24) is 4.98 Å². The Kier molecular flexibility index (Phi) is 2.50. The number of aromatic nitrogens is 1. The van der Waals surface area contributed by atoms with E-state index in [9.17, 15) is 18.4 Å². The van der Waals surface area contributed by atoms with Crippen LogP contribution in [0.2, 0.25) is 0 Å². The zero-order valence-electron chi connectivity index (χ0n) is 6.88. The number of primary amides is 1. The minimum Gasteiger partial charge on any atom is -0.394 e. The molecule has 0 aliphatic rings. The number of anilines is 1. The predicted molar refractivity (Wildman–Crippen MR) is 44.9 cm³/mol. The number of nitrogens with one attached hydrogen (secondary N) is 1. The zero-order valence-corrected chi connectivity index (χ0v) is 6.88. The van der Waals surface area contributed by atoms with Gasteiger partial charge in [-0.05, 0) is 6.07 Å². The first-order valence-electron chi connectivity index (χ1n) is 3.54. The molecule has 7 heteroatoms. The Labute approximate surface area is 76.7 Å². The number of hydrogen-bond donors (Lipinski definition) is 3. The molecule has 1 aromatic heterocycles. The molecule has 1 aromatic rings. The number of nitrogen functional groups attached to an aromatic ring is 1. The average Bonchev–Trinajstić information content (AvgIpc) is 2.08. The van der Waals surface area contributed by atoms with Crippen LogP contribution in [0.15, 0.2) is 10.9 Å². The molecule has 0 aliphatic heterocycles. The van der Waals surface area contributed by atoms with Gasteiger partial charge in [0.25, 0.3) is 17.9 Å². The van der Waals surface area contributed by atoms with Crippen molar-refractivity contribution in [1.29, 1.82) is 0 Å². The van der Waals surface area contributed by atoms with Gasteiger partial charge in [0.2, 0.25) is 0 Å². The summed E-state index contributed by atoms with van der Waals surface area (Å²) in [7, 11) is 0. The van der Waals surface area contributed by atoms with E-state index in [1.54, 1.807) is 0 Å². The van der Waals surface area contributed by atoms with Crippen LogP contribution in [-0.4, -0.2) is 10.9 Å². The Morgan fingerprint density at radius 1 is 1.50 bits per heavy atom. The molecule has 0 aliphatic carbocycles. The summed E-state index contributed by atoms with van der Waals surface area (Å²) < 4.78 is 24.5. The lowest BCUT2D eigenvalue weighted by Gasteiger charge is -2.04. The van der Waals surface area contributed by atoms with Crippen LogP contribution in [0.25, 0.3) is 0 Å². The third-order valence-corrected chi connectivity index (χ3v) is 1.60. The molecular weight excluding hydrogens is 196 g/mol. The molecule has 0 saturated carbocycles. The van der Waals surface area contributed by atoms with Crippen molar-refractivity contribution in [2.24, 2.45) is 5.73 Å². The fourth-order valence-electron chi connectivity index (χ4n) is 0.903. The van der Waals surface area contributed by atoms with E-state index in [0.717, 1.165) is 6.07 Å². The molecule has 0 saturated heterocycles. The Hall–Kier alpha value is -1.92. The van der Waals surface area contributed by atoms with Crippen LogP contribution >= 0.6 is 0 Å². The van der Waals surface area contributed by atoms with Gasteiger partial charge < -0.3 is 16.5 Å². The summed E-state index contributed by atoms with van der Waals surface area (Å²) in [4.78, 5) is 23.5. The molecule has 0 bridgehead atoms. The highest BCUT2D eigenvalue weighted by Crippen LogP contribution is 2.22. The fraction of sp³-hybridized carbons (Fsp3) is 0.143. The van der Waals surface area contributed by atoms with E-state index < -0.39 is 29.1 Å². The van der Waals surface area contributed by atoms with E-state index in [1.165, 1.54) is 0 Å². The van der Waals surface area contributed by atoms with Gasteiger partial charge in [0.05, 0.1) is 0 Å². The summed E-state index contributed by atoms with van der Waals surface area (Å²) in [6.07, 6.45) is -2.92. The topological polar surface area (TPSA) is 102 Å². The van der Waals surface area contributed by atoms with Gasteiger partial charge in [0.15, 0.2) is 0 Å². The van der Waals surface area contributed by atoms with Gasteiger partial charge >= 0.3 is 0 Å². The van der Waals surface area contributed by atoms with E-state index >= 15 is 0 Å². The number of pyridine rings is 1. The molecule has 14 heavy (non-hydrogen) atoms. The molecule has 0 radical (unpaired) electrons. The molecule has 76 valence electrons. The quantitative estimate of drug-likeness (QED) is 0.630. The lowest BCUT2D eigenvalue weighted by molar-refractivity contribution is 0.0994. The Morgan fingerprint density at radius 2 is 2.07 bits per heavy atom. The summed E-state index contributed by atoms with van der Waals surface area (Å²) >= 11 is 0. The third-order valence-electron chi connectivity index (χ3n) is 1.60. The van der Waals surface area contributed by atoms with Gasteiger partial charge in [-0.3, -0.25) is 9.59 Å². The number of carbonyl (C=O) groups is 1. The van der Waals surface area contributed by atoms with E-state index in [4.69, 9.17) is 11.5 Å². The van der Waals surface area contributed by atoms with Crippen LogP contribution in [0.4, 0.5) is 14.5 Å². The number of hydrogen-bond acceptors (Lipinski definition) is 3. The highest BCUT2D eigenvalue weighted by Gasteiger charge is 2.16. The summed E-state index contributed by atoms with van der Waals surface area (Å²) in [6.45, 7) is 0. The van der Waals surface area contributed by atoms with Crippen LogP contribution < -0.4 is 17.0 Å². The second-order valence-corrected chi connectivity index (χ2v) is 2.55. The van der Waals surface area contributed by atoms with Crippen molar-refractivity contribution in [3.05, 3.63) is 27.7 Å². The van der Waals surface area contributed by atoms with Crippen molar-refractivity contribution < 1.29 is 13.6 Å². The second-order valence-electron chi connectivity index (χ2n) is 2.55. The standard InChI is InChI=1S/C7H7F2N3O2/c8-5(9)2-1-3(6(11)13)12-7(14)4(2)10/h1,5H,10H2,(H2,11,13)(H,12,14). The van der Waals surface area contributed by atoms with Gasteiger partial charge in [0.1, 0.15) is 11.4 Å². The molecular formula is C7H7F2N3O2. The average molecular weight is 203 g/mol. The SMILES string of the molecule is NC(=O)c1cc(C(F)F)c(N)c(=O)[nH]1. The number of rotatable bonds is 2. The van der Waals surface area contributed by atoms with Gasteiger partial charge in [-0.15, -0.1) is 0 Å². The van der Waals surface area contributed by atoms with Gasteiger partial charge in [-0.1, -0.05) is 0 Å². The van der Waals surface area contributed by atoms with Crippen molar-refractivity contribution in [3.63, 3.8) is 0 Å². The maximum Gasteiger partial charge on any atom is 0.272 e. The maximum absolute atomic E-state index is 12.3. The van der Waals surface area contributed by atoms with Crippen LogP contribution in [0, 0.1) is 0 Å². The van der Waals surface area contributed by atoms with E-state index in [-0.39, 0.29) is 5.69 Å². The van der Waals surface area contributed by atoms with Gasteiger partial charge in [-0.2, -0.15) is 0 Å². The van der Waals surface area contributed by atoms with Gasteiger partial charge in [0, 0.05) is 5.56 Å². The first-order chi connectivity index (χ1) is 6.43. The fourth-order valence-corrected chi connectivity index (χ4v) is 0.903. The number of halogens is 2. The van der Waals surface area contributed by atoms with Crippen LogP contribution in [0.5, 0.6) is 0 Å². The minimum absolute atomic E-state index is 0.389. The number of H-pyrrole nitrogens is 1. The predicted octanol–water partition coefficient (Wildman–Crippen LogP) is -0.00640. The molecule has 5 N–H and O–H groups in total. The third kappa shape index (κ3) is 1.70. The van der Waals surface area contributed by atoms with Gasteiger partial charge in [-0.25, -0.2) is 8.78 Å². The highest BCUT2D eigenvalue weighted by atomic mass is 19.3. The molecule has 5 nitrogen and oxygen atoms in total. The maximum atomic E-state index is 12.3.